The van der Waals surface area contributed by atoms with Gasteiger partial charge in [0.25, 0.3) is 0 Å². The molecule has 1 atom stereocenters. The molecule has 0 radical (unpaired) electrons. The lowest BCUT2D eigenvalue weighted by atomic mass is 10.1. The first-order valence-electron chi connectivity index (χ1n) is 6.21. The van der Waals surface area contributed by atoms with Crippen LogP contribution in [0.4, 0.5) is 5.69 Å². The zero-order chi connectivity index (χ0) is 13.8. The van der Waals surface area contributed by atoms with Crippen molar-refractivity contribution in [1.29, 1.82) is 0 Å². The van der Waals surface area contributed by atoms with E-state index in [4.69, 9.17) is 5.73 Å². The number of likely N-dealkylation sites (N-methyl/N-ethyl adjacent to an activating group) is 1. The van der Waals surface area contributed by atoms with Gasteiger partial charge in [-0.05, 0) is 36.1 Å². The van der Waals surface area contributed by atoms with Crippen molar-refractivity contribution in [1.82, 2.24) is 4.90 Å². The van der Waals surface area contributed by atoms with Gasteiger partial charge in [0.2, 0.25) is 5.91 Å². The quantitative estimate of drug-likeness (QED) is 0.878. The molecule has 1 amide bonds. The van der Waals surface area contributed by atoms with E-state index < -0.39 is 0 Å². The summed E-state index contributed by atoms with van der Waals surface area (Å²) >= 11 is 1.67. The van der Waals surface area contributed by atoms with E-state index in [-0.39, 0.29) is 24.4 Å². The molecule has 108 valence electrons. The maximum absolute atomic E-state index is 12.2. The Morgan fingerprint density at radius 2 is 1.95 bits per heavy atom. The first-order chi connectivity index (χ1) is 9.08. The third kappa shape index (κ3) is 3.99. The first-order valence-corrected chi connectivity index (χ1v) is 7.09. The number of anilines is 1. The second kappa shape index (κ2) is 7.31. The highest BCUT2D eigenvalue weighted by molar-refractivity contribution is 7.10. The fourth-order valence-electron chi connectivity index (χ4n) is 1.87. The van der Waals surface area contributed by atoms with Crippen LogP contribution in [-0.4, -0.2) is 17.9 Å². The number of nitrogens with two attached hydrogens (primary N) is 1. The van der Waals surface area contributed by atoms with E-state index in [1.807, 2.05) is 49.7 Å². The summed E-state index contributed by atoms with van der Waals surface area (Å²) in [6.07, 6.45) is 0.409. The van der Waals surface area contributed by atoms with Gasteiger partial charge in [-0.15, -0.1) is 23.7 Å². The van der Waals surface area contributed by atoms with Crippen molar-refractivity contribution >= 4 is 35.3 Å². The third-order valence-electron chi connectivity index (χ3n) is 3.26. The molecule has 3 nitrogen and oxygen atoms in total. The SMILES string of the molecule is CC(c1cccs1)N(C)C(=O)Cc1ccc(N)cc1.Cl. The first kappa shape index (κ1) is 16.5. The Balaban J connectivity index is 0.00000200. The smallest absolute Gasteiger partial charge is 0.227 e. The van der Waals surface area contributed by atoms with Crippen LogP contribution in [-0.2, 0) is 11.2 Å². The minimum Gasteiger partial charge on any atom is -0.399 e. The normalized spacial score (nSPS) is 11.5. The Labute approximate surface area is 129 Å². The summed E-state index contributed by atoms with van der Waals surface area (Å²) in [6.45, 7) is 2.05. The lowest BCUT2D eigenvalue weighted by molar-refractivity contribution is -0.131. The third-order valence-corrected chi connectivity index (χ3v) is 4.31. The lowest BCUT2D eigenvalue weighted by Gasteiger charge is -2.24. The van der Waals surface area contributed by atoms with Crippen molar-refractivity contribution in [2.45, 2.75) is 19.4 Å². The van der Waals surface area contributed by atoms with Crippen LogP contribution in [0, 0.1) is 0 Å². The predicted octanol–water partition coefficient (Wildman–Crippen LogP) is 3.51. The highest BCUT2D eigenvalue weighted by atomic mass is 35.5. The topological polar surface area (TPSA) is 46.3 Å². The fourth-order valence-corrected chi connectivity index (χ4v) is 2.70. The number of rotatable bonds is 4. The average Bonchev–Trinajstić information content (AvgIpc) is 2.93. The molecule has 1 aromatic heterocycles. The highest BCUT2D eigenvalue weighted by Crippen LogP contribution is 2.23. The van der Waals surface area contributed by atoms with Gasteiger partial charge in [-0.2, -0.15) is 0 Å². The molecule has 0 aliphatic heterocycles. The van der Waals surface area contributed by atoms with Crippen LogP contribution in [0.15, 0.2) is 41.8 Å². The molecule has 20 heavy (non-hydrogen) atoms. The Bertz CT molecular complexity index is 540. The molecule has 0 aliphatic rings. The fraction of sp³-hybridized carbons (Fsp3) is 0.267. The maximum Gasteiger partial charge on any atom is 0.227 e. The molecule has 0 saturated heterocycles. The van der Waals surface area contributed by atoms with E-state index in [2.05, 4.69) is 6.07 Å². The molecule has 1 unspecified atom stereocenters. The van der Waals surface area contributed by atoms with Gasteiger partial charge in [0.1, 0.15) is 0 Å². The predicted molar refractivity (Wildman–Crippen MR) is 87.3 cm³/mol. The number of benzene rings is 1. The number of nitrogens with zero attached hydrogens (tertiary/aromatic N) is 1. The van der Waals surface area contributed by atoms with Crippen LogP contribution in [0.25, 0.3) is 0 Å². The number of amides is 1. The summed E-state index contributed by atoms with van der Waals surface area (Å²) in [5, 5.41) is 2.03. The minimum atomic E-state index is 0. The molecule has 0 spiro atoms. The van der Waals surface area contributed by atoms with E-state index in [1.54, 1.807) is 16.2 Å². The monoisotopic (exact) mass is 310 g/mol. The van der Waals surface area contributed by atoms with Crippen molar-refractivity contribution in [2.24, 2.45) is 0 Å². The van der Waals surface area contributed by atoms with Crippen LogP contribution in [0.1, 0.15) is 23.4 Å². The summed E-state index contributed by atoms with van der Waals surface area (Å²) in [5.41, 5.74) is 7.34. The van der Waals surface area contributed by atoms with Crippen LogP contribution < -0.4 is 5.73 Å². The van der Waals surface area contributed by atoms with Gasteiger partial charge >= 0.3 is 0 Å². The molecular formula is C15H19ClN2OS. The Morgan fingerprint density at radius 1 is 1.30 bits per heavy atom. The second-order valence-electron chi connectivity index (χ2n) is 4.61. The van der Waals surface area contributed by atoms with Gasteiger partial charge in [0.05, 0.1) is 12.5 Å². The minimum absolute atomic E-state index is 0. The van der Waals surface area contributed by atoms with Gasteiger partial charge in [-0.1, -0.05) is 18.2 Å². The van der Waals surface area contributed by atoms with Crippen LogP contribution >= 0.6 is 23.7 Å². The Hall–Kier alpha value is -1.52. The molecule has 0 saturated carbocycles. The van der Waals surface area contributed by atoms with Crippen molar-refractivity contribution in [3.05, 3.63) is 52.2 Å². The van der Waals surface area contributed by atoms with E-state index in [9.17, 15) is 4.79 Å². The molecule has 0 aliphatic carbocycles. The molecule has 5 heteroatoms. The summed E-state index contributed by atoms with van der Waals surface area (Å²) in [7, 11) is 1.85. The largest absolute Gasteiger partial charge is 0.399 e. The molecule has 0 bridgehead atoms. The zero-order valence-corrected chi connectivity index (χ0v) is 13.2. The average molecular weight is 311 g/mol. The van der Waals surface area contributed by atoms with E-state index in [0.717, 1.165) is 11.3 Å². The van der Waals surface area contributed by atoms with E-state index in [1.165, 1.54) is 4.88 Å². The molecule has 2 aromatic rings. The van der Waals surface area contributed by atoms with E-state index in [0.29, 0.717) is 6.42 Å². The number of carbonyl (C=O) groups excluding carboxylic acids is 1. The van der Waals surface area contributed by atoms with Gasteiger partial charge < -0.3 is 10.6 Å². The summed E-state index contributed by atoms with van der Waals surface area (Å²) in [6, 6.07) is 11.6. The van der Waals surface area contributed by atoms with Crippen molar-refractivity contribution < 1.29 is 4.79 Å². The maximum atomic E-state index is 12.2. The van der Waals surface area contributed by atoms with Crippen LogP contribution in [0.5, 0.6) is 0 Å². The van der Waals surface area contributed by atoms with Crippen molar-refractivity contribution in [3.8, 4) is 0 Å². The number of carbonyl (C=O) groups is 1. The van der Waals surface area contributed by atoms with Gasteiger partial charge in [-0.25, -0.2) is 0 Å². The van der Waals surface area contributed by atoms with Gasteiger partial charge in [0, 0.05) is 17.6 Å². The van der Waals surface area contributed by atoms with E-state index >= 15 is 0 Å². The number of thiophene rings is 1. The van der Waals surface area contributed by atoms with Crippen LogP contribution in [0.3, 0.4) is 0 Å². The Morgan fingerprint density at radius 3 is 2.50 bits per heavy atom. The molecule has 1 aromatic carbocycles. The summed E-state index contributed by atoms with van der Waals surface area (Å²) < 4.78 is 0. The standard InChI is InChI=1S/C15H18N2OS.ClH/c1-11(14-4-3-9-19-14)17(2)15(18)10-12-5-7-13(16)8-6-12;/h3-9,11H,10,16H2,1-2H3;1H. The second-order valence-corrected chi connectivity index (χ2v) is 5.59. The highest BCUT2D eigenvalue weighted by Gasteiger charge is 2.18. The number of nitrogen functional groups attached to an aromatic ring is 1. The number of hydrogen-bond acceptors (Lipinski definition) is 3. The van der Waals surface area contributed by atoms with Crippen molar-refractivity contribution in [3.63, 3.8) is 0 Å². The summed E-state index contributed by atoms with van der Waals surface area (Å²) in [4.78, 5) is 15.2. The lowest BCUT2D eigenvalue weighted by Crippen LogP contribution is -2.30. The van der Waals surface area contributed by atoms with Gasteiger partial charge in [0.15, 0.2) is 0 Å². The number of halogens is 1. The molecule has 0 fully saturated rings. The molecule has 1 heterocycles. The van der Waals surface area contributed by atoms with Crippen LogP contribution in [0.2, 0.25) is 0 Å². The molecule has 2 rings (SSSR count). The molecular weight excluding hydrogens is 292 g/mol. The molecule has 2 N–H and O–H groups in total. The summed E-state index contributed by atoms with van der Waals surface area (Å²) in [5.74, 6) is 0.116. The number of hydrogen-bond donors (Lipinski definition) is 1. The zero-order valence-electron chi connectivity index (χ0n) is 11.6. The Kier molecular flexibility index (Phi) is 6.05. The van der Waals surface area contributed by atoms with Crippen molar-refractivity contribution in [2.75, 3.05) is 12.8 Å². The van der Waals surface area contributed by atoms with Gasteiger partial charge in [-0.3, -0.25) is 4.79 Å².